The third-order valence-electron chi connectivity index (χ3n) is 3.67. The topological polar surface area (TPSA) is 59.2 Å². The summed E-state index contributed by atoms with van der Waals surface area (Å²) in [5, 5.41) is 0. The largest absolute Gasteiger partial charge is 0.345 e. The molecule has 1 unspecified atom stereocenters. The van der Waals surface area contributed by atoms with Gasteiger partial charge in [-0.2, -0.15) is 0 Å². The van der Waals surface area contributed by atoms with Crippen molar-refractivity contribution in [1.82, 2.24) is 9.88 Å². The van der Waals surface area contributed by atoms with Gasteiger partial charge in [0.15, 0.2) is 4.34 Å². The zero-order valence-electron chi connectivity index (χ0n) is 13.7. The molecule has 0 bridgehead atoms. The lowest BCUT2D eigenvalue weighted by atomic mass is 10.0. The number of thiazole rings is 1. The molecule has 1 heterocycles. The van der Waals surface area contributed by atoms with Crippen LogP contribution in [0.25, 0.3) is 10.2 Å². The van der Waals surface area contributed by atoms with Crippen LogP contribution in [0.1, 0.15) is 20.3 Å². The van der Waals surface area contributed by atoms with Gasteiger partial charge in [-0.05, 0) is 24.5 Å². The smallest absolute Gasteiger partial charge is 0.232 e. The first-order chi connectivity index (χ1) is 10.5. The van der Waals surface area contributed by atoms with Crippen molar-refractivity contribution in [2.45, 2.75) is 30.6 Å². The average Bonchev–Trinajstić information content (AvgIpc) is 2.92. The lowest BCUT2D eigenvalue weighted by molar-refractivity contribution is -0.127. The highest BCUT2D eigenvalue weighted by Gasteiger charge is 2.14. The van der Waals surface area contributed by atoms with Crippen LogP contribution in [0.15, 0.2) is 28.6 Å². The second-order valence-electron chi connectivity index (χ2n) is 5.75. The van der Waals surface area contributed by atoms with Gasteiger partial charge in [-0.1, -0.05) is 37.7 Å². The summed E-state index contributed by atoms with van der Waals surface area (Å²) in [7, 11) is 1.84. The van der Waals surface area contributed by atoms with E-state index < -0.39 is 0 Å². The highest BCUT2D eigenvalue weighted by molar-refractivity contribution is 8.01. The summed E-state index contributed by atoms with van der Waals surface area (Å²) in [6.07, 6.45) is 0.839. The molecule has 0 aliphatic carbocycles. The molecule has 1 amide bonds. The normalized spacial score (nSPS) is 12.2. The lowest BCUT2D eigenvalue weighted by Gasteiger charge is -2.21. The predicted molar refractivity (Wildman–Crippen MR) is 103 cm³/mol. The van der Waals surface area contributed by atoms with Crippen LogP contribution in [0.4, 0.5) is 0 Å². The van der Waals surface area contributed by atoms with Crippen molar-refractivity contribution in [2.75, 3.05) is 19.3 Å². The van der Waals surface area contributed by atoms with Gasteiger partial charge in [0.25, 0.3) is 0 Å². The number of thioether (sulfide) groups is 1. The fourth-order valence-electron chi connectivity index (χ4n) is 1.95. The molecule has 7 heteroatoms. The van der Waals surface area contributed by atoms with E-state index in [-0.39, 0.29) is 24.4 Å². The van der Waals surface area contributed by atoms with E-state index in [1.807, 2.05) is 25.2 Å². The van der Waals surface area contributed by atoms with Gasteiger partial charge in [0.1, 0.15) is 0 Å². The molecule has 2 aromatic rings. The van der Waals surface area contributed by atoms with Gasteiger partial charge in [-0.25, -0.2) is 4.98 Å². The Morgan fingerprint density at radius 2 is 2.09 bits per heavy atom. The minimum Gasteiger partial charge on any atom is -0.345 e. The van der Waals surface area contributed by atoms with Crippen LogP contribution in [0.2, 0.25) is 0 Å². The first-order valence-electron chi connectivity index (χ1n) is 7.45. The number of rotatable bonds is 7. The van der Waals surface area contributed by atoms with E-state index in [0.717, 1.165) is 21.0 Å². The summed E-state index contributed by atoms with van der Waals surface area (Å²) in [5.74, 6) is 0.994. The molecule has 0 saturated heterocycles. The Hall–Kier alpha value is -0.820. The van der Waals surface area contributed by atoms with Gasteiger partial charge in [0, 0.05) is 19.6 Å². The summed E-state index contributed by atoms with van der Waals surface area (Å²) in [5.41, 5.74) is 7.02. The van der Waals surface area contributed by atoms with Gasteiger partial charge in [-0.15, -0.1) is 23.7 Å². The number of amides is 1. The standard InChI is InChI=1S/C16H23N3OS2.ClH/c1-11(2)12(17)8-9-19(3)15(20)10-21-16-18-13-6-4-5-7-14(13)22-16;/h4-7,11-12H,8-10,17H2,1-3H3;1H. The number of hydrogen-bond acceptors (Lipinski definition) is 5. The number of hydrogen-bond donors (Lipinski definition) is 1. The summed E-state index contributed by atoms with van der Waals surface area (Å²) in [4.78, 5) is 18.5. The van der Waals surface area contributed by atoms with Crippen molar-refractivity contribution >= 4 is 51.6 Å². The van der Waals surface area contributed by atoms with Crippen molar-refractivity contribution in [1.29, 1.82) is 0 Å². The third kappa shape index (κ3) is 5.95. The van der Waals surface area contributed by atoms with Crippen LogP contribution < -0.4 is 5.73 Å². The maximum absolute atomic E-state index is 12.2. The van der Waals surface area contributed by atoms with Crippen molar-refractivity contribution in [3.8, 4) is 0 Å². The summed E-state index contributed by atoms with van der Waals surface area (Å²) < 4.78 is 2.11. The number of carbonyl (C=O) groups is 1. The van der Waals surface area contributed by atoms with E-state index in [4.69, 9.17) is 5.73 Å². The Labute approximate surface area is 152 Å². The van der Waals surface area contributed by atoms with Gasteiger partial charge >= 0.3 is 0 Å². The van der Waals surface area contributed by atoms with E-state index >= 15 is 0 Å². The molecule has 23 heavy (non-hydrogen) atoms. The molecule has 0 aliphatic rings. The molecule has 128 valence electrons. The Balaban J connectivity index is 0.00000264. The van der Waals surface area contributed by atoms with Gasteiger partial charge in [-0.3, -0.25) is 4.79 Å². The second kappa shape index (κ2) is 9.47. The van der Waals surface area contributed by atoms with Crippen LogP contribution in [-0.2, 0) is 4.79 Å². The molecule has 0 aliphatic heterocycles. The Morgan fingerprint density at radius 3 is 2.74 bits per heavy atom. The number of carbonyl (C=O) groups excluding carboxylic acids is 1. The first-order valence-corrected chi connectivity index (χ1v) is 9.25. The zero-order valence-corrected chi connectivity index (χ0v) is 16.1. The molecule has 2 N–H and O–H groups in total. The van der Waals surface area contributed by atoms with Crippen LogP contribution in [0.3, 0.4) is 0 Å². The molecule has 0 saturated carbocycles. The maximum Gasteiger partial charge on any atom is 0.232 e. The van der Waals surface area contributed by atoms with E-state index in [9.17, 15) is 4.79 Å². The number of halogens is 1. The van der Waals surface area contributed by atoms with Gasteiger partial charge in [0.05, 0.1) is 16.0 Å². The molecular formula is C16H24ClN3OS2. The number of nitrogens with two attached hydrogens (primary N) is 1. The molecule has 1 atom stereocenters. The number of nitrogens with zero attached hydrogens (tertiary/aromatic N) is 2. The summed E-state index contributed by atoms with van der Waals surface area (Å²) >= 11 is 3.14. The summed E-state index contributed by atoms with van der Waals surface area (Å²) in [6, 6.07) is 8.18. The Morgan fingerprint density at radius 1 is 1.39 bits per heavy atom. The van der Waals surface area contributed by atoms with Crippen LogP contribution in [0.5, 0.6) is 0 Å². The van der Waals surface area contributed by atoms with Crippen molar-refractivity contribution in [3.63, 3.8) is 0 Å². The zero-order chi connectivity index (χ0) is 16.1. The fourth-order valence-corrected chi connectivity index (χ4v) is 3.96. The lowest BCUT2D eigenvalue weighted by Crippen LogP contribution is -2.35. The third-order valence-corrected chi connectivity index (χ3v) is 5.84. The molecule has 1 aromatic heterocycles. The minimum atomic E-state index is 0. The van der Waals surface area contributed by atoms with Gasteiger partial charge in [0.2, 0.25) is 5.91 Å². The van der Waals surface area contributed by atoms with Crippen LogP contribution in [0, 0.1) is 5.92 Å². The molecule has 0 fully saturated rings. The van der Waals surface area contributed by atoms with E-state index in [1.54, 1.807) is 16.2 Å². The number of para-hydroxylation sites is 1. The molecule has 0 spiro atoms. The Kier molecular flexibility index (Phi) is 8.33. The van der Waals surface area contributed by atoms with Crippen molar-refractivity contribution in [2.24, 2.45) is 11.7 Å². The second-order valence-corrected chi connectivity index (χ2v) is 8.00. The van der Waals surface area contributed by atoms with Gasteiger partial charge < -0.3 is 10.6 Å². The first kappa shape index (κ1) is 20.2. The van der Waals surface area contributed by atoms with E-state index in [2.05, 4.69) is 24.9 Å². The van der Waals surface area contributed by atoms with E-state index in [1.165, 1.54) is 11.8 Å². The number of benzene rings is 1. The molecule has 1 aromatic carbocycles. The monoisotopic (exact) mass is 373 g/mol. The highest BCUT2D eigenvalue weighted by Crippen LogP contribution is 2.29. The minimum absolute atomic E-state index is 0. The molecular weight excluding hydrogens is 350 g/mol. The summed E-state index contributed by atoms with van der Waals surface area (Å²) in [6.45, 7) is 4.92. The molecule has 0 radical (unpaired) electrons. The Bertz CT molecular complexity index is 600. The van der Waals surface area contributed by atoms with Crippen molar-refractivity contribution in [3.05, 3.63) is 24.3 Å². The fraction of sp³-hybridized carbons (Fsp3) is 0.500. The van der Waals surface area contributed by atoms with Crippen LogP contribution >= 0.6 is 35.5 Å². The number of fused-ring (bicyclic) bond motifs is 1. The molecule has 4 nitrogen and oxygen atoms in total. The van der Waals surface area contributed by atoms with Crippen LogP contribution in [-0.4, -0.2) is 41.2 Å². The SMILES string of the molecule is CC(C)C(N)CCN(C)C(=O)CSc1nc2ccccc2s1.Cl. The van der Waals surface area contributed by atoms with E-state index in [0.29, 0.717) is 18.2 Å². The number of aromatic nitrogens is 1. The predicted octanol–water partition coefficient (Wildman–Crippen LogP) is 3.64. The average molecular weight is 374 g/mol. The quantitative estimate of drug-likeness (QED) is 0.752. The maximum atomic E-state index is 12.2. The highest BCUT2D eigenvalue weighted by atomic mass is 35.5. The molecule has 2 rings (SSSR count). The van der Waals surface area contributed by atoms with Crippen molar-refractivity contribution < 1.29 is 4.79 Å².